The number of ether oxygens (including phenoxy) is 2. The molecule has 2 amide bonds. The van der Waals surface area contributed by atoms with Gasteiger partial charge in [0.05, 0.1) is 18.9 Å². The van der Waals surface area contributed by atoms with Crippen LogP contribution < -0.4 is 15.4 Å². The molecule has 1 aliphatic rings. The Balaban J connectivity index is 1.38. The molecular weight excluding hydrogens is 649 g/mol. The second-order valence-corrected chi connectivity index (χ2v) is 11.9. The minimum atomic E-state index is -4.85. The number of esters is 1. The van der Waals surface area contributed by atoms with Gasteiger partial charge in [0.2, 0.25) is 5.91 Å². The fourth-order valence-corrected chi connectivity index (χ4v) is 6.06. The number of halogens is 3. The van der Waals surface area contributed by atoms with Gasteiger partial charge in [-0.3, -0.25) is 14.4 Å². The topological polar surface area (TPSA) is 107 Å². The molecule has 1 aromatic heterocycles. The zero-order valence-corrected chi connectivity index (χ0v) is 27.8. The van der Waals surface area contributed by atoms with Crippen LogP contribution in [-0.2, 0) is 20.7 Å². The van der Waals surface area contributed by atoms with E-state index in [1.807, 2.05) is 31.2 Å². The third kappa shape index (κ3) is 9.43. The van der Waals surface area contributed by atoms with Crippen molar-refractivity contribution in [2.75, 3.05) is 18.5 Å². The van der Waals surface area contributed by atoms with Crippen LogP contribution in [0.5, 0.6) is 5.75 Å². The summed E-state index contributed by atoms with van der Waals surface area (Å²) in [6.45, 7) is 4.07. The van der Waals surface area contributed by atoms with Crippen molar-refractivity contribution in [3.05, 3.63) is 113 Å². The van der Waals surface area contributed by atoms with Gasteiger partial charge in [-0.05, 0) is 91.4 Å². The molecule has 0 saturated carbocycles. The molecule has 0 saturated heterocycles. The number of benzene rings is 3. The first kappa shape index (κ1) is 36.0. The number of anilines is 1. The summed E-state index contributed by atoms with van der Waals surface area (Å²) >= 11 is 0. The standard InChI is InChI=1S/C39H39F3N2O6/c1-3-7-32(25-10-12-28(13-11-25)37(46)43-23-22-35(45)48-4-2)36(27-16-20-31(21-17-27)50-39(40,41)42)38(47)44-30-18-14-26(15-19-30)34-24-29-8-5-6-9-33(29)49-34/h5,8,10-21,24,32,36H,3-4,6-7,9,22-23H2,1-2H3,(H,43,46)(H,44,47). The molecule has 11 heteroatoms. The van der Waals surface area contributed by atoms with E-state index in [1.54, 1.807) is 43.3 Å². The first-order valence-electron chi connectivity index (χ1n) is 16.6. The quantitative estimate of drug-likeness (QED) is 0.128. The van der Waals surface area contributed by atoms with Crippen LogP contribution >= 0.6 is 0 Å². The molecule has 3 aromatic carbocycles. The molecule has 0 fully saturated rings. The van der Waals surface area contributed by atoms with E-state index in [0.29, 0.717) is 29.7 Å². The van der Waals surface area contributed by atoms with Crippen LogP contribution in [0.15, 0.2) is 89.4 Å². The number of amides is 2. The lowest BCUT2D eigenvalue weighted by Crippen LogP contribution is -2.27. The lowest BCUT2D eigenvalue weighted by Gasteiger charge is -2.28. The Kier molecular flexibility index (Phi) is 11.8. The lowest BCUT2D eigenvalue weighted by molar-refractivity contribution is -0.274. The van der Waals surface area contributed by atoms with Gasteiger partial charge >= 0.3 is 12.3 Å². The highest BCUT2D eigenvalue weighted by Crippen LogP contribution is 2.39. The maximum atomic E-state index is 14.1. The summed E-state index contributed by atoms with van der Waals surface area (Å²) in [5.74, 6) is -1.03. The Bertz CT molecular complexity index is 1800. The SMILES string of the molecule is CCCC(c1ccc(C(=O)NCCC(=O)OCC)cc1)C(C(=O)Nc1ccc(-c2cc3c(o2)CCC=C3)cc1)c1ccc(OC(F)(F)F)cc1. The van der Waals surface area contributed by atoms with Crippen LogP contribution in [-0.4, -0.2) is 37.3 Å². The first-order chi connectivity index (χ1) is 24.0. The molecule has 0 radical (unpaired) electrons. The van der Waals surface area contributed by atoms with Crippen LogP contribution in [0.25, 0.3) is 17.4 Å². The fraction of sp³-hybridized carbons (Fsp3) is 0.308. The fourth-order valence-electron chi connectivity index (χ4n) is 6.06. The molecule has 2 unspecified atom stereocenters. The summed E-state index contributed by atoms with van der Waals surface area (Å²) in [7, 11) is 0. The maximum absolute atomic E-state index is 14.1. The Morgan fingerprint density at radius 2 is 1.62 bits per heavy atom. The Hall–Kier alpha value is -5.32. The van der Waals surface area contributed by atoms with Crippen LogP contribution in [0, 0.1) is 0 Å². The molecular formula is C39H39F3N2O6. The van der Waals surface area contributed by atoms with Gasteiger partial charge in [0.1, 0.15) is 17.3 Å². The highest BCUT2D eigenvalue weighted by atomic mass is 19.4. The minimum Gasteiger partial charge on any atom is -0.466 e. The summed E-state index contributed by atoms with van der Waals surface area (Å²) < 4.78 is 53.7. The van der Waals surface area contributed by atoms with Crippen LogP contribution in [0.3, 0.4) is 0 Å². The maximum Gasteiger partial charge on any atom is 0.573 e. The Morgan fingerprint density at radius 3 is 2.26 bits per heavy atom. The molecule has 2 N–H and O–H groups in total. The van der Waals surface area contributed by atoms with Gasteiger partial charge in [-0.25, -0.2) is 0 Å². The monoisotopic (exact) mass is 688 g/mol. The molecule has 8 nitrogen and oxygen atoms in total. The number of aryl methyl sites for hydroxylation is 1. The number of furan rings is 1. The van der Waals surface area contributed by atoms with Crippen molar-refractivity contribution in [3.63, 3.8) is 0 Å². The van der Waals surface area contributed by atoms with Gasteiger partial charge < -0.3 is 24.5 Å². The van der Waals surface area contributed by atoms with Gasteiger partial charge in [-0.15, -0.1) is 13.2 Å². The molecule has 0 bridgehead atoms. The summed E-state index contributed by atoms with van der Waals surface area (Å²) in [4.78, 5) is 38.5. The number of alkyl halides is 3. The average Bonchev–Trinajstić information content (AvgIpc) is 3.53. The molecule has 262 valence electrons. The zero-order chi connectivity index (χ0) is 35.7. The molecule has 2 atom stereocenters. The van der Waals surface area contributed by atoms with E-state index in [4.69, 9.17) is 9.15 Å². The number of hydrogen-bond donors (Lipinski definition) is 2. The van der Waals surface area contributed by atoms with E-state index < -0.39 is 29.9 Å². The number of nitrogens with one attached hydrogen (secondary N) is 2. The van der Waals surface area contributed by atoms with Crippen LogP contribution in [0.1, 0.15) is 84.2 Å². The van der Waals surface area contributed by atoms with Crippen molar-refractivity contribution < 1.29 is 41.4 Å². The van der Waals surface area contributed by atoms with Crippen molar-refractivity contribution in [3.8, 4) is 17.1 Å². The molecule has 50 heavy (non-hydrogen) atoms. The van der Waals surface area contributed by atoms with E-state index >= 15 is 0 Å². The molecule has 1 heterocycles. The van der Waals surface area contributed by atoms with E-state index in [2.05, 4.69) is 21.4 Å². The van der Waals surface area contributed by atoms with Crippen molar-refractivity contribution in [1.82, 2.24) is 5.32 Å². The second kappa shape index (κ2) is 16.4. The summed E-state index contributed by atoms with van der Waals surface area (Å²) in [5.41, 5.74) is 4.11. The molecule has 1 aliphatic carbocycles. The minimum absolute atomic E-state index is 0.0465. The van der Waals surface area contributed by atoms with Crippen LogP contribution in [0.2, 0.25) is 0 Å². The molecule has 0 spiro atoms. The predicted octanol–water partition coefficient (Wildman–Crippen LogP) is 8.79. The van der Waals surface area contributed by atoms with Crippen molar-refractivity contribution in [1.29, 1.82) is 0 Å². The van der Waals surface area contributed by atoms with Gasteiger partial charge in [0.15, 0.2) is 0 Å². The third-order valence-electron chi connectivity index (χ3n) is 8.39. The number of rotatable bonds is 14. The van der Waals surface area contributed by atoms with Crippen molar-refractivity contribution in [2.24, 2.45) is 0 Å². The van der Waals surface area contributed by atoms with Crippen molar-refractivity contribution >= 4 is 29.5 Å². The van der Waals surface area contributed by atoms with Gasteiger partial charge in [0, 0.05) is 35.3 Å². The number of carbonyl (C=O) groups excluding carboxylic acids is 3. The van der Waals surface area contributed by atoms with E-state index in [9.17, 15) is 27.6 Å². The molecule has 4 aromatic rings. The molecule has 5 rings (SSSR count). The second-order valence-electron chi connectivity index (χ2n) is 11.9. The van der Waals surface area contributed by atoms with Gasteiger partial charge in [-0.1, -0.05) is 49.8 Å². The van der Waals surface area contributed by atoms with E-state index in [-0.39, 0.29) is 31.4 Å². The lowest BCUT2D eigenvalue weighted by atomic mass is 9.78. The number of carbonyl (C=O) groups is 3. The summed E-state index contributed by atoms with van der Waals surface area (Å²) in [6, 6.07) is 21.5. The average molecular weight is 689 g/mol. The third-order valence-corrected chi connectivity index (χ3v) is 8.39. The number of fused-ring (bicyclic) bond motifs is 1. The first-order valence-corrected chi connectivity index (χ1v) is 16.6. The van der Waals surface area contributed by atoms with Crippen LogP contribution in [0.4, 0.5) is 18.9 Å². The number of hydrogen-bond acceptors (Lipinski definition) is 6. The largest absolute Gasteiger partial charge is 0.573 e. The Morgan fingerprint density at radius 1 is 0.920 bits per heavy atom. The Labute approximate surface area is 288 Å². The number of allylic oxidation sites excluding steroid dienone is 1. The normalized spacial score (nSPS) is 13.5. The van der Waals surface area contributed by atoms with Gasteiger partial charge in [-0.2, -0.15) is 0 Å². The van der Waals surface area contributed by atoms with Gasteiger partial charge in [0.25, 0.3) is 5.91 Å². The highest BCUT2D eigenvalue weighted by Gasteiger charge is 2.33. The summed E-state index contributed by atoms with van der Waals surface area (Å²) in [5, 5.41) is 5.71. The zero-order valence-electron chi connectivity index (χ0n) is 27.8. The van der Waals surface area contributed by atoms with Crippen molar-refractivity contribution in [2.45, 2.75) is 64.1 Å². The molecule has 0 aliphatic heterocycles. The summed E-state index contributed by atoms with van der Waals surface area (Å²) in [6.07, 6.45) is 2.40. The smallest absolute Gasteiger partial charge is 0.466 e. The highest BCUT2D eigenvalue weighted by molar-refractivity contribution is 5.97. The predicted molar refractivity (Wildman–Crippen MR) is 184 cm³/mol. The van der Waals surface area contributed by atoms with E-state index in [1.165, 1.54) is 24.3 Å². The van der Waals surface area contributed by atoms with E-state index in [0.717, 1.165) is 41.1 Å².